The van der Waals surface area contributed by atoms with Gasteiger partial charge in [0.2, 0.25) is 5.95 Å². The molecule has 154 valence electrons. The van der Waals surface area contributed by atoms with Gasteiger partial charge in [0.05, 0.1) is 6.61 Å². The zero-order chi connectivity index (χ0) is 21.0. The molecule has 2 aromatic rings. The quantitative estimate of drug-likeness (QED) is 0.853. The number of nitrogens with zero attached hydrogens (tertiary/aromatic N) is 4. The highest BCUT2D eigenvalue weighted by atomic mass is 16.6. The van der Waals surface area contributed by atoms with E-state index >= 15 is 0 Å². The van der Waals surface area contributed by atoms with Crippen LogP contribution in [0.5, 0.6) is 0 Å². The minimum Gasteiger partial charge on any atom is -0.450 e. The van der Waals surface area contributed by atoms with Gasteiger partial charge in [0, 0.05) is 37.6 Å². The molecule has 1 saturated heterocycles. The van der Waals surface area contributed by atoms with Crippen molar-refractivity contribution in [2.75, 3.05) is 38.1 Å². The summed E-state index contributed by atoms with van der Waals surface area (Å²) in [7, 11) is 0. The lowest BCUT2D eigenvalue weighted by Gasteiger charge is -2.33. The van der Waals surface area contributed by atoms with Gasteiger partial charge in [0.1, 0.15) is 5.69 Å². The maximum atomic E-state index is 13.0. The van der Waals surface area contributed by atoms with Gasteiger partial charge >= 0.3 is 6.09 Å². The summed E-state index contributed by atoms with van der Waals surface area (Å²) in [6, 6.07) is 7.66. The Morgan fingerprint density at radius 3 is 2.45 bits per heavy atom. The van der Waals surface area contributed by atoms with Crippen LogP contribution in [-0.2, 0) is 4.74 Å². The maximum Gasteiger partial charge on any atom is 0.409 e. The Kier molecular flexibility index (Phi) is 6.31. The molecule has 0 aliphatic carbocycles. The second-order valence-corrected chi connectivity index (χ2v) is 7.07. The molecule has 1 aliphatic rings. The third-order valence-corrected chi connectivity index (χ3v) is 5.02. The Labute approximate surface area is 170 Å². The third kappa shape index (κ3) is 4.82. The first-order chi connectivity index (χ1) is 13.9. The second kappa shape index (κ2) is 8.89. The van der Waals surface area contributed by atoms with E-state index in [9.17, 15) is 9.59 Å². The molecule has 2 heterocycles. The van der Waals surface area contributed by atoms with Crippen LogP contribution in [0.25, 0.3) is 0 Å². The molecule has 0 unspecified atom stereocenters. The normalized spacial score (nSPS) is 13.9. The fourth-order valence-electron chi connectivity index (χ4n) is 3.21. The van der Waals surface area contributed by atoms with Gasteiger partial charge in [0.25, 0.3) is 5.91 Å². The summed E-state index contributed by atoms with van der Waals surface area (Å²) in [6.45, 7) is 9.81. The molecule has 2 amide bonds. The van der Waals surface area contributed by atoms with E-state index in [-0.39, 0.29) is 12.0 Å². The summed E-state index contributed by atoms with van der Waals surface area (Å²) < 4.78 is 5.02. The van der Waals surface area contributed by atoms with E-state index in [0.29, 0.717) is 50.1 Å². The smallest absolute Gasteiger partial charge is 0.409 e. The van der Waals surface area contributed by atoms with Crippen LogP contribution in [-0.4, -0.2) is 64.6 Å². The number of amides is 2. The number of nitrogens with one attached hydrogen (secondary N) is 1. The first-order valence-electron chi connectivity index (χ1n) is 9.79. The van der Waals surface area contributed by atoms with Crippen LogP contribution in [0.15, 0.2) is 24.3 Å². The van der Waals surface area contributed by atoms with E-state index in [1.165, 1.54) is 5.56 Å². The van der Waals surface area contributed by atoms with Crippen molar-refractivity contribution in [2.45, 2.75) is 27.7 Å². The van der Waals surface area contributed by atoms with Crippen LogP contribution >= 0.6 is 0 Å². The molecule has 0 spiro atoms. The van der Waals surface area contributed by atoms with Crippen LogP contribution in [0, 0.1) is 20.8 Å². The van der Waals surface area contributed by atoms with Gasteiger partial charge < -0.3 is 19.9 Å². The lowest BCUT2D eigenvalue weighted by molar-refractivity contribution is 0.0566. The highest BCUT2D eigenvalue weighted by Gasteiger charge is 2.26. The van der Waals surface area contributed by atoms with Crippen molar-refractivity contribution in [1.82, 2.24) is 19.8 Å². The maximum absolute atomic E-state index is 13.0. The predicted octanol–water partition coefficient (Wildman–Crippen LogP) is 3.06. The minimum absolute atomic E-state index is 0.164. The largest absolute Gasteiger partial charge is 0.450 e. The number of ether oxygens (including phenoxy) is 1. The molecule has 3 rings (SSSR count). The Hall–Kier alpha value is -3.16. The molecule has 1 aromatic heterocycles. The van der Waals surface area contributed by atoms with Crippen LogP contribution < -0.4 is 5.32 Å². The first kappa shape index (κ1) is 20.6. The molecular weight excluding hydrogens is 370 g/mol. The molecule has 0 bridgehead atoms. The molecule has 0 radical (unpaired) electrons. The number of rotatable bonds is 4. The van der Waals surface area contributed by atoms with Gasteiger partial charge in [-0.05, 0) is 51.0 Å². The monoisotopic (exact) mass is 397 g/mol. The third-order valence-electron chi connectivity index (χ3n) is 5.02. The fourth-order valence-corrected chi connectivity index (χ4v) is 3.21. The molecule has 0 saturated carbocycles. The average Bonchev–Trinajstić information content (AvgIpc) is 2.71. The van der Waals surface area contributed by atoms with Crippen LogP contribution in [0.4, 0.5) is 16.4 Å². The number of carbonyl (C=O) groups excluding carboxylic acids is 2. The Bertz CT molecular complexity index is 907. The first-order valence-corrected chi connectivity index (χ1v) is 9.79. The van der Waals surface area contributed by atoms with E-state index in [1.807, 2.05) is 39.0 Å². The summed E-state index contributed by atoms with van der Waals surface area (Å²) >= 11 is 0. The topological polar surface area (TPSA) is 87.7 Å². The van der Waals surface area contributed by atoms with Crippen LogP contribution in [0.2, 0.25) is 0 Å². The summed E-state index contributed by atoms with van der Waals surface area (Å²) in [5.74, 6) is 0.232. The van der Waals surface area contributed by atoms with E-state index in [4.69, 9.17) is 4.74 Å². The van der Waals surface area contributed by atoms with Crippen molar-refractivity contribution in [3.63, 3.8) is 0 Å². The molecular formula is C21H27N5O3. The second-order valence-electron chi connectivity index (χ2n) is 7.07. The van der Waals surface area contributed by atoms with Gasteiger partial charge in [-0.15, -0.1) is 0 Å². The summed E-state index contributed by atoms with van der Waals surface area (Å²) in [6.07, 6.45) is -0.336. The zero-order valence-electron chi connectivity index (χ0n) is 17.4. The number of benzene rings is 1. The highest BCUT2D eigenvalue weighted by Crippen LogP contribution is 2.21. The van der Waals surface area contributed by atoms with Crippen molar-refractivity contribution in [2.24, 2.45) is 0 Å². The average molecular weight is 397 g/mol. The van der Waals surface area contributed by atoms with Gasteiger partial charge in [-0.25, -0.2) is 14.8 Å². The van der Waals surface area contributed by atoms with Crippen molar-refractivity contribution in [1.29, 1.82) is 0 Å². The van der Waals surface area contributed by atoms with Crippen molar-refractivity contribution in [3.8, 4) is 0 Å². The van der Waals surface area contributed by atoms with Crippen LogP contribution in [0.3, 0.4) is 0 Å². The lowest BCUT2D eigenvalue weighted by atomic mass is 10.1. The van der Waals surface area contributed by atoms with Crippen LogP contribution in [0.1, 0.15) is 34.2 Å². The van der Waals surface area contributed by atoms with Gasteiger partial charge in [-0.1, -0.05) is 12.1 Å². The number of piperazine rings is 1. The zero-order valence-corrected chi connectivity index (χ0v) is 17.4. The lowest BCUT2D eigenvalue weighted by Crippen LogP contribution is -2.50. The highest BCUT2D eigenvalue weighted by molar-refractivity contribution is 5.93. The Morgan fingerprint density at radius 2 is 1.76 bits per heavy atom. The van der Waals surface area contributed by atoms with Crippen molar-refractivity contribution < 1.29 is 14.3 Å². The molecule has 8 nitrogen and oxygen atoms in total. The Morgan fingerprint density at radius 1 is 1.07 bits per heavy atom. The van der Waals surface area contributed by atoms with E-state index in [2.05, 4.69) is 15.3 Å². The molecule has 0 atom stereocenters. The number of aryl methyl sites for hydroxylation is 2. The van der Waals surface area contributed by atoms with E-state index in [1.54, 1.807) is 22.8 Å². The summed E-state index contributed by atoms with van der Waals surface area (Å²) in [5.41, 5.74) is 4.24. The van der Waals surface area contributed by atoms with Crippen molar-refractivity contribution >= 4 is 23.6 Å². The Balaban J connectivity index is 1.72. The standard InChI is InChI=1S/C21H27N5O3/c1-5-29-21(28)26-11-9-25(10-12-26)19(27)18-13-15(3)22-20(24-18)23-17-8-6-7-14(2)16(17)4/h6-8,13H,5,9-12H2,1-4H3,(H,22,23,24). The number of hydrogen-bond acceptors (Lipinski definition) is 6. The molecule has 1 aromatic carbocycles. The molecule has 1 aliphatic heterocycles. The predicted molar refractivity (Wildman–Crippen MR) is 110 cm³/mol. The molecule has 1 fully saturated rings. The van der Waals surface area contributed by atoms with Gasteiger partial charge in [0.15, 0.2) is 0 Å². The summed E-state index contributed by atoms with van der Waals surface area (Å²) in [4.78, 5) is 37.0. The van der Waals surface area contributed by atoms with Gasteiger partial charge in [-0.3, -0.25) is 4.79 Å². The number of carbonyl (C=O) groups is 2. The SMILES string of the molecule is CCOC(=O)N1CCN(C(=O)c2cc(C)nc(Nc3cccc(C)c3C)n2)CC1. The minimum atomic E-state index is -0.336. The molecule has 8 heteroatoms. The van der Waals surface area contributed by atoms with E-state index < -0.39 is 0 Å². The van der Waals surface area contributed by atoms with E-state index in [0.717, 1.165) is 11.3 Å². The van der Waals surface area contributed by atoms with Crippen molar-refractivity contribution in [3.05, 3.63) is 46.8 Å². The number of aromatic nitrogens is 2. The van der Waals surface area contributed by atoms with Gasteiger partial charge in [-0.2, -0.15) is 0 Å². The fraction of sp³-hybridized carbons (Fsp3) is 0.429. The molecule has 29 heavy (non-hydrogen) atoms. The molecule has 1 N–H and O–H groups in total. The summed E-state index contributed by atoms with van der Waals surface area (Å²) in [5, 5.41) is 3.23. The number of hydrogen-bond donors (Lipinski definition) is 1. The number of anilines is 2.